The molecular formula is C14H14ClFN4O3. The highest BCUT2D eigenvalue weighted by atomic mass is 35.5. The molecule has 0 spiro atoms. The molecule has 1 aromatic carbocycles. The summed E-state index contributed by atoms with van der Waals surface area (Å²) in [4.78, 5) is 22.8. The van der Waals surface area contributed by atoms with Gasteiger partial charge in [-0.3, -0.25) is 9.59 Å². The van der Waals surface area contributed by atoms with E-state index in [1.54, 1.807) is 19.9 Å². The van der Waals surface area contributed by atoms with Crippen LogP contribution < -0.4 is 5.32 Å². The van der Waals surface area contributed by atoms with Gasteiger partial charge >= 0.3 is 5.97 Å². The van der Waals surface area contributed by atoms with E-state index in [9.17, 15) is 14.0 Å². The van der Waals surface area contributed by atoms with Gasteiger partial charge in [0.15, 0.2) is 5.69 Å². The molecule has 122 valence electrons. The average Bonchev–Trinajstić information content (AvgIpc) is 2.89. The third kappa shape index (κ3) is 3.84. The number of aromatic nitrogens is 3. The minimum atomic E-state index is -1.11. The van der Waals surface area contributed by atoms with E-state index < -0.39 is 29.8 Å². The highest BCUT2D eigenvalue weighted by molar-refractivity contribution is 6.30. The monoisotopic (exact) mass is 340 g/mol. The van der Waals surface area contributed by atoms with Crippen molar-refractivity contribution >= 4 is 23.5 Å². The van der Waals surface area contributed by atoms with E-state index in [1.807, 2.05) is 0 Å². The zero-order valence-corrected chi connectivity index (χ0v) is 13.1. The van der Waals surface area contributed by atoms with Crippen LogP contribution in [0.25, 0.3) is 0 Å². The fourth-order valence-corrected chi connectivity index (χ4v) is 2.19. The number of nitrogens with zero attached hydrogens (tertiary/aromatic N) is 3. The summed E-state index contributed by atoms with van der Waals surface area (Å²) in [6.45, 7) is 2.81. The second kappa shape index (κ2) is 6.33. The summed E-state index contributed by atoms with van der Waals surface area (Å²) in [5.41, 5.74) is -0.902. The highest BCUT2D eigenvalue weighted by Crippen LogP contribution is 2.27. The number of hydrogen-bond donors (Lipinski definition) is 2. The number of amides is 1. The van der Waals surface area contributed by atoms with Crippen molar-refractivity contribution in [2.75, 3.05) is 0 Å². The number of halogens is 2. The Kier molecular flexibility index (Phi) is 4.65. The molecule has 1 heterocycles. The van der Waals surface area contributed by atoms with Gasteiger partial charge in [-0.15, -0.1) is 5.10 Å². The van der Waals surface area contributed by atoms with Crippen LogP contribution in [0, 0.1) is 5.82 Å². The van der Waals surface area contributed by atoms with E-state index in [0.717, 1.165) is 4.68 Å². The summed E-state index contributed by atoms with van der Waals surface area (Å²) >= 11 is 5.76. The smallest absolute Gasteiger partial charge is 0.325 e. The zero-order valence-electron chi connectivity index (χ0n) is 12.4. The lowest BCUT2D eigenvalue weighted by molar-refractivity contribution is -0.137. The first-order chi connectivity index (χ1) is 10.7. The summed E-state index contributed by atoms with van der Waals surface area (Å²) in [5.74, 6) is -2.33. The predicted molar refractivity (Wildman–Crippen MR) is 79.6 cm³/mol. The van der Waals surface area contributed by atoms with E-state index in [4.69, 9.17) is 16.7 Å². The van der Waals surface area contributed by atoms with Gasteiger partial charge in [-0.2, -0.15) is 0 Å². The predicted octanol–water partition coefficient (Wildman–Crippen LogP) is 1.82. The Morgan fingerprint density at radius 3 is 2.78 bits per heavy atom. The quantitative estimate of drug-likeness (QED) is 0.865. The van der Waals surface area contributed by atoms with Gasteiger partial charge in [-0.1, -0.05) is 28.9 Å². The maximum absolute atomic E-state index is 14.1. The number of hydrogen-bond acceptors (Lipinski definition) is 4. The molecule has 0 bridgehead atoms. The van der Waals surface area contributed by atoms with Crippen LogP contribution in [0.3, 0.4) is 0 Å². The van der Waals surface area contributed by atoms with Crippen molar-refractivity contribution in [1.29, 1.82) is 0 Å². The number of benzene rings is 1. The van der Waals surface area contributed by atoms with E-state index in [-0.39, 0.29) is 16.3 Å². The molecule has 9 heteroatoms. The number of carboxylic acids is 1. The molecule has 0 saturated heterocycles. The Bertz CT molecular complexity index is 760. The number of aliphatic carboxylic acids is 1. The van der Waals surface area contributed by atoms with E-state index in [2.05, 4.69) is 15.6 Å². The Balaban J connectivity index is 2.19. The largest absolute Gasteiger partial charge is 0.480 e. The molecule has 0 saturated carbocycles. The first kappa shape index (κ1) is 16.9. The van der Waals surface area contributed by atoms with E-state index >= 15 is 0 Å². The molecule has 2 N–H and O–H groups in total. The molecule has 1 aromatic heterocycles. The summed E-state index contributed by atoms with van der Waals surface area (Å²) < 4.78 is 15.1. The van der Waals surface area contributed by atoms with Crippen molar-refractivity contribution in [3.8, 4) is 0 Å². The first-order valence-electron chi connectivity index (χ1n) is 6.59. The lowest BCUT2D eigenvalue weighted by atomic mass is 9.93. The molecule has 0 atom stereocenters. The molecule has 0 unspecified atom stereocenters. The molecule has 2 aromatic rings. The van der Waals surface area contributed by atoms with E-state index in [1.165, 1.54) is 18.3 Å². The lowest BCUT2D eigenvalue weighted by Crippen LogP contribution is -2.41. The zero-order chi connectivity index (χ0) is 17.2. The van der Waals surface area contributed by atoms with Crippen molar-refractivity contribution in [3.05, 3.63) is 46.5 Å². The normalized spacial score (nSPS) is 11.3. The van der Waals surface area contributed by atoms with E-state index in [0.29, 0.717) is 0 Å². The number of rotatable bonds is 5. The van der Waals surface area contributed by atoms with Gasteiger partial charge in [0.05, 0.1) is 16.8 Å². The van der Waals surface area contributed by atoms with Gasteiger partial charge in [0.25, 0.3) is 5.91 Å². The maximum Gasteiger partial charge on any atom is 0.325 e. The summed E-state index contributed by atoms with van der Waals surface area (Å²) in [7, 11) is 0. The number of carbonyl (C=O) groups excluding carboxylic acids is 1. The fraction of sp³-hybridized carbons (Fsp3) is 0.286. The molecule has 0 fully saturated rings. The lowest BCUT2D eigenvalue weighted by Gasteiger charge is -2.27. The van der Waals surface area contributed by atoms with Gasteiger partial charge in [0.2, 0.25) is 0 Å². The van der Waals surface area contributed by atoms with Gasteiger partial charge in [-0.25, -0.2) is 9.07 Å². The SMILES string of the molecule is CC(C)(NC(=O)c1cn(CC(=O)O)nn1)c1cccc(Cl)c1F. The first-order valence-corrected chi connectivity index (χ1v) is 6.97. The van der Waals surface area contributed by atoms with Crippen LogP contribution in [0.15, 0.2) is 24.4 Å². The van der Waals surface area contributed by atoms with Crippen LogP contribution in [0.2, 0.25) is 5.02 Å². The topological polar surface area (TPSA) is 97.1 Å². The molecular weight excluding hydrogens is 327 g/mol. The van der Waals surface area contributed by atoms with Crippen molar-refractivity contribution in [2.45, 2.75) is 25.9 Å². The summed E-state index contributed by atoms with van der Waals surface area (Å²) in [6, 6.07) is 4.51. The van der Waals surface area contributed by atoms with Crippen LogP contribution in [0.4, 0.5) is 4.39 Å². The van der Waals surface area contributed by atoms with Crippen molar-refractivity contribution < 1.29 is 19.1 Å². The third-order valence-corrected chi connectivity index (χ3v) is 3.41. The Labute approximate surface area is 136 Å². The molecule has 1 amide bonds. The fourth-order valence-electron chi connectivity index (χ4n) is 2.02. The standard InChI is InChI=1S/C14H14ClFN4O3/c1-14(2,8-4-3-5-9(15)12(8)16)17-13(23)10-6-20(19-18-10)7-11(21)22/h3-6H,7H2,1-2H3,(H,17,23)(H,21,22). The van der Waals surface area contributed by atoms with Crippen LogP contribution in [0.1, 0.15) is 29.9 Å². The number of nitrogens with one attached hydrogen (secondary N) is 1. The summed E-state index contributed by atoms with van der Waals surface area (Å²) in [6.07, 6.45) is 1.20. The van der Waals surface area contributed by atoms with Crippen LogP contribution >= 0.6 is 11.6 Å². The van der Waals surface area contributed by atoms with Crippen LogP contribution in [-0.4, -0.2) is 32.0 Å². The van der Waals surface area contributed by atoms with Crippen LogP contribution in [-0.2, 0) is 16.9 Å². The maximum atomic E-state index is 14.1. The Morgan fingerprint density at radius 1 is 1.43 bits per heavy atom. The molecule has 2 rings (SSSR count). The molecule has 0 aliphatic carbocycles. The highest BCUT2D eigenvalue weighted by Gasteiger charge is 2.28. The average molecular weight is 341 g/mol. The molecule has 0 aliphatic heterocycles. The number of carbonyl (C=O) groups is 2. The van der Waals surface area contributed by atoms with Gasteiger partial charge in [0.1, 0.15) is 12.4 Å². The number of carboxylic acid groups (broad SMARTS) is 1. The van der Waals surface area contributed by atoms with Gasteiger partial charge in [0, 0.05) is 5.56 Å². The molecule has 7 nitrogen and oxygen atoms in total. The van der Waals surface area contributed by atoms with Crippen LogP contribution in [0.5, 0.6) is 0 Å². The second-order valence-electron chi connectivity index (χ2n) is 5.38. The van der Waals surface area contributed by atoms with Gasteiger partial charge in [-0.05, 0) is 19.9 Å². The molecule has 23 heavy (non-hydrogen) atoms. The Morgan fingerprint density at radius 2 is 2.13 bits per heavy atom. The molecule has 0 radical (unpaired) electrons. The minimum absolute atomic E-state index is 0.0442. The third-order valence-electron chi connectivity index (χ3n) is 3.12. The second-order valence-corrected chi connectivity index (χ2v) is 5.78. The van der Waals surface area contributed by atoms with Crippen molar-refractivity contribution in [2.24, 2.45) is 0 Å². The molecule has 0 aliphatic rings. The van der Waals surface area contributed by atoms with Gasteiger partial charge < -0.3 is 10.4 Å². The summed E-state index contributed by atoms with van der Waals surface area (Å²) in [5, 5.41) is 18.4. The minimum Gasteiger partial charge on any atom is -0.480 e. The van der Waals surface area contributed by atoms with Crippen molar-refractivity contribution in [1.82, 2.24) is 20.3 Å². The Hall–Kier alpha value is -2.48. The van der Waals surface area contributed by atoms with Crippen molar-refractivity contribution in [3.63, 3.8) is 0 Å².